The molecule has 0 unspecified atom stereocenters. The first-order valence-corrected chi connectivity index (χ1v) is 5.67. The fraction of sp³-hybridized carbons (Fsp3) is 0.462. The van der Waals surface area contributed by atoms with Crippen LogP contribution in [0.5, 0.6) is 0 Å². The third-order valence-electron chi connectivity index (χ3n) is 2.75. The highest BCUT2D eigenvalue weighted by atomic mass is 19.4. The summed E-state index contributed by atoms with van der Waals surface area (Å²) >= 11 is 0. The molecule has 98 valence electrons. The standard InChI is InChI=1S/C13H15F3N2/c1-7-5-8(13(14,15)16)10-9(6-7)17-11(18-10)12(2,3)4/h5-6H,1-4H3,(H,17,18). The van der Waals surface area contributed by atoms with E-state index in [0.29, 0.717) is 16.9 Å². The zero-order chi connectivity index (χ0) is 13.7. The van der Waals surface area contributed by atoms with E-state index < -0.39 is 11.7 Å². The van der Waals surface area contributed by atoms with Crippen LogP contribution >= 0.6 is 0 Å². The zero-order valence-electron chi connectivity index (χ0n) is 10.7. The quantitative estimate of drug-likeness (QED) is 0.752. The van der Waals surface area contributed by atoms with Crippen molar-refractivity contribution in [3.63, 3.8) is 0 Å². The maximum Gasteiger partial charge on any atom is 0.418 e. The van der Waals surface area contributed by atoms with Gasteiger partial charge in [-0.15, -0.1) is 0 Å². The summed E-state index contributed by atoms with van der Waals surface area (Å²) in [5, 5.41) is 0. The Bertz CT molecular complexity index is 589. The largest absolute Gasteiger partial charge is 0.418 e. The van der Waals surface area contributed by atoms with Gasteiger partial charge in [0.25, 0.3) is 0 Å². The van der Waals surface area contributed by atoms with Crippen molar-refractivity contribution in [1.82, 2.24) is 9.97 Å². The number of hydrogen-bond donors (Lipinski definition) is 1. The van der Waals surface area contributed by atoms with Crippen LogP contribution < -0.4 is 0 Å². The van der Waals surface area contributed by atoms with Gasteiger partial charge >= 0.3 is 6.18 Å². The monoisotopic (exact) mass is 256 g/mol. The fourth-order valence-corrected chi connectivity index (χ4v) is 1.83. The van der Waals surface area contributed by atoms with Crippen molar-refractivity contribution in [2.24, 2.45) is 0 Å². The molecule has 1 aromatic heterocycles. The summed E-state index contributed by atoms with van der Waals surface area (Å²) in [6.45, 7) is 7.36. The summed E-state index contributed by atoms with van der Waals surface area (Å²) in [7, 11) is 0. The third kappa shape index (κ3) is 2.21. The molecule has 0 amide bonds. The second kappa shape index (κ2) is 3.73. The number of fused-ring (bicyclic) bond motifs is 1. The number of nitrogens with one attached hydrogen (secondary N) is 1. The van der Waals surface area contributed by atoms with Crippen LogP contribution in [0.4, 0.5) is 13.2 Å². The van der Waals surface area contributed by atoms with E-state index in [0.717, 1.165) is 6.07 Å². The molecule has 1 N–H and O–H groups in total. The predicted molar refractivity (Wildman–Crippen MR) is 64.5 cm³/mol. The molecule has 1 aromatic carbocycles. The molecular formula is C13H15F3N2. The summed E-state index contributed by atoms with van der Waals surface area (Å²) in [4.78, 5) is 7.07. The number of rotatable bonds is 0. The molecule has 5 heteroatoms. The second-order valence-corrected chi connectivity index (χ2v) is 5.54. The summed E-state index contributed by atoms with van der Waals surface area (Å²) < 4.78 is 38.9. The van der Waals surface area contributed by atoms with E-state index in [1.54, 1.807) is 13.0 Å². The van der Waals surface area contributed by atoms with E-state index in [9.17, 15) is 13.2 Å². The van der Waals surface area contributed by atoms with Gasteiger partial charge < -0.3 is 4.98 Å². The molecule has 0 fully saturated rings. The highest BCUT2D eigenvalue weighted by Crippen LogP contribution is 2.35. The van der Waals surface area contributed by atoms with Crippen LogP contribution in [0.1, 0.15) is 37.7 Å². The SMILES string of the molecule is Cc1cc(C(F)(F)F)c2[nH]c(C(C)(C)C)nc2c1. The molecule has 0 aliphatic carbocycles. The Hall–Kier alpha value is -1.52. The number of benzene rings is 1. The smallest absolute Gasteiger partial charge is 0.341 e. The Kier molecular flexibility index (Phi) is 2.68. The number of aromatic nitrogens is 2. The van der Waals surface area contributed by atoms with E-state index in [4.69, 9.17) is 0 Å². The van der Waals surface area contributed by atoms with Gasteiger partial charge in [-0.2, -0.15) is 13.2 Å². The molecule has 0 aliphatic heterocycles. The van der Waals surface area contributed by atoms with Crippen LogP contribution in [-0.4, -0.2) is 9.97 Å². The van der Waals surface area contributed by atoms with Crippen molar-refractivity contribution in [3.05, 3.63) is 29.1 Å². The average Bonchev–Trinajstić information content (AvgIpc) is 2.57. The van der Waals surface area contributed by atoms with Crippen LogP contribution in [0.25, 0.3) is 11.0 Å². The third-order valence-corrected chi connectivity index (χ3v) is 2.75. The number of aryl methyl sites for hydroxylation is 1. The molecule has 2 rings (SSSR count). The van der Waals surface area contributed by atoms with Gasteiger partial charge in [-0.05, 0) is 24.6 Å². The van der Waals surface area contributed by atoms with Gasteiger partial charge in [0.2, 0.25) is 0 Å². The Labute approximate surface area is 103 Å². The summed E-state index contributed by atoms with van der Waals surface area (Å²) in [5.41, 5.74) is 0.0306. The predicted octanol–water partition coefficient (Wildman–Crippen LogP) is 4.19. The Morgan fingerprint density at radius 1 is 1.11 bits per heavy atom. The first kappa shape index (κ1) is 12.9. The van der Waals surface area contributed by atoms with Gasteiger partial charge in [-0.25, -0.2) is 4.98 Å². The van der Waals surface area contributed by atoms with E-state index >= 15 is 0 Å². The molecule has 0 spiro atoms. The van der Waals surface area contributed by atoms with E-state index in [1.807, 2.05) is 20.8 Å². The van der Waals surface area contributed by atoms with E-state index in [2.05, 4.69) is 9.97 Å². The maximum absolute atomic E-state index is 13.0. The molecule has 0 saturated heterocycles. The summed E-state index contributed by atoms with van der Waals surface area (Å²) in [5.74, 6) is 0.564. The van der Waals surface area contributed by atoms with Gasteiger partial charge in [0.1, 0.15) is 5.82 Å². The van der Waals surface area contributed by atoms with Crippen molar-refractivity contribution in [2.75, 3.05) is 0 Å². The minimum absolute atomic E-state index is 0.0676. The van der Waals surface area contributed by atoms with Crippen LogP contribution in [0.3, 0.4) is 0 Å². The summed E-state index contributed by atoms with van der Waals surface area (Å²) in [6, 6.07) is 2.81. The van der Waals surface area contributed by atoms with Crippen molar-refractivity contribution in [3.8, 4) is 0 Å². The van der Waals surface area contributed by atoms with Crippen LogP contribution in [0.15, 0.2) is 12.1 Å². The molecular weight excluding hydrogens is 241 g/mol. The van der Waals surface area contributed by atoms with Gasteiger partial charge in [-0.1, -0.05) is 20.8 Å². The second-order valence-electron chi connectivity index (χ2n) is 5.54. The highest BCUT2D eigenvalue weighted by Gasteiger charge is 2.34. The van der Waals surface area contributed by atoms with Crippen molar-refractivity contribution < 1.29 is 13.2 Å². The Morgan fingerprint density at radius 3 is 2.22 bits per heavy atom. The lowest BCUT2D eigenvalue weighted by molar-refractivity contribution is -0.136. The molecule has 0 atom stereocenters. The number of hydrogen-bond acceptors (Lipinski definition) is 1. The Balaban J connectivity index is 2.76. The van der Waals surface area contributed by atoms with Gasteiger partial charge in [-0.3, -0.25) is 0 Å². The molecule has 0 bridgehead atoms. The number of alkyl halides is 3. The van der Waals surface area contributed by atoms with Crippen molar-refractivity contribution in [2.45, 2.75) is 39.3 Å². The normalized spacial score (nSPS) is 13.3. The van der Waals surface area contributed by atoms with Crippen molar-refractivity contribution in [1.29, 1.82) is 0 Å². The number of H-pyrrole nitrogens is 1. The van der Waals surface area contributed by atoms with E-state index in [1.165, 1.54) is 0 Å². The minimum atomic E-state index is -4.37. The van der Waals surface area contributed by atoms with Crippen LogP contribution in [0.2, 0.25) is 0 Å². The topological polar surface area (TPSA) is 28.7 Å². The lowest BCUT2D eigenvalue weighted by atomic mass is 9.96. The van der Waals surface area contributed by atoms with Gasteiger partial charge in [0, 0.05) is 5.41 Å². The molecule has 0 aliphatic rings. The summed E-state index contributed by atoms with van der Waals surface area (Å²) in [6.07, 6.45) is -4.37. The van der Waals surface area contributed by atoms with E-state index in [-0.39, 0.29) is 10.9 Å². The molecule has 2 nitrogen and oxygen atoms in total. The first-order valence-electron chi connectivity index (χ1n) is 5.67. The van der Waals surface area contributed by atoms with Gasteiger partial charge in [0.05, 0.1) is 16.6 Å². The number of halogens is 3. The zero-order valence-corrected chi connectivity index (χ0v) is 10.7. The molecule has 2 aromatic rings. The number of aromatic amines is 1. The fourth-order valence-electron chi connectivity index (χ4n) is 1.83. The molecule has 0 radical (unpaired) electrons. The number of nitrogens with zero attached hydrogens (tertiary/aromatic N) is 1. The molecule has 18 heavy (non-hydrogen) atoms. The lowest BCUT2D eigenvalue weighted by Gasteiger charge is -2.14. The molecule has 1 heterocycles. The average molecular weight is 256 g/mol. The van der Waals surface area contributed by atoms with Crippen LogP contribution in [-0.2, 0) is 11.6 Å². The van der Waals surface area contributed by atoms with Crippen LogP contribution in [0, 0.1) is 6.92 Å². The number of imidazole rings is 1. The first-order chi connectivity index (χ1) is 8.09. The molecule has 0 saturated carbocycles. The van der Waals surface area contributed by atoms with Gasteiger partial charge in [0.15, 0.2) is 0 Å². The lowest BCUT2D eigenvalue weighted by Crippen LogP contribution is -2.13. The minimum Gasteiger partial charge on any atom is -0.341 e. The van der Waals surface area contributed by atoms with Crippen molar-refractivity contribution >= 4 is 11.0 Å². The maximum atomic E-state index is 13.0. The highest BCUT2D eigenvalue weighted by molar-refractivity contribution is 5.80. The Morgan fingerprint density at radius 2 is 1.72 bits per heavy atom.